The van der Waals surface area contributed by atoms with E-state index in [4.69, 9.17) is 9.66 Å². The van der Waals surface area contributed by atoms with Gasteiger partial charge in [-0.1, -0.05) is 19.0 Å². The van der Waals surface area contributed by atoms with Crippen LogP contribution in [0.25, 0.3) is 0 Å². The van der Waals surface area contributed by atoms with Crippen LogP contribution in [0.4, 0.5) is 0 Å². The molecule has 120 valence electrons. The van der Waals surface area contributed by atoms with Crippen LogP contribution in [-0.4, -0.2) is 36.4 Å². The molecule has 1 amide bonds. The maximum absolute atomic E-state index is 12.3. The molecule has 0 saturated carbocycles. The lowest BCUT2D eigenvalue weighted by Gasteiger charge is -2.14. The monoisotopic (exact) mass is 344 g/mol. The molecule has 8 nitrogen and oxygen atoms in total. The van der Waals surface area contributed by atoms with Crippen molar-refractivity contribution in [1.82, 2.24) is 15.0 Å². The van der Waals surface area contributed by atoms with Crippen molar-refractivity contribution in [3.63, 3.8) is 0 Å². The molecule has 2 N–H and O–H groups in total. The maximum Gasteiger partial charge on any atom is 0.265 e. The second-order valence-electron chi connectivity index (χ2n) is 5.02. The Kier molecular flexibility index (Phi) is 4.63. The normalized spacial score (nSPS) is 11.9. The SMILES string of the molecule is CC(C)c1nc(CN(C)C(=O)c2sccc2S(N)(=O)=O)no1. The summed E-state index contributed by atoms with van der Waals surface area (Å²) in [4.78, 5) is 17.7. The summed E-state index contributed by atoms with van der Waals surface area (Å²) >= 11 is 1.02. The van der Waals surface area contributed by atoms with Crippen molar-refractivity contribution in [2.75, 3.05) is 7.05 Å². The lowest BCUT2D eigenvalue weighted by atomic mass is 10.2. The standard InChI is InChI=1S/C12H16N4O4S2/c1-7(2)11-14-9(15-20-11)6-16(3)12(17)10-8(4-5-21-10)22(13,18)19/h4-5,7H,6H2,1-3H3,(H2,13,18,19). The average Bonchev–Trinajstić information content (AvgIpc) is 3.05. The number of thiophene rings is 1. The van der Waals surface area contributed by atoms with Gasteiger partial charge in [0.25, 0.3) is 5.91 Å². The summed E-state index contributed by atoms with van der Waals surface area (Å²) in [5, 5.41) is 10.4. The van der Waals surface area contributed by atoms with Crippen molar-refractivity contribution >= 4 is 27.3 Å². The Labute approximate surface area is 132 Å². The number of hydrogen-bond donors (Lipinski definition) is 1. The number of primary sulfonamides is 1. The van der Waals surface area contributed by atoms with E-state index >= 15 is 0 Å². The van der Waals surface area contributed by atoms with Crippen molar-refractivity contribution < 1.29 is 17.7 Å². The number of hydrogen-bond acceptors (Lipinski definition) is 7. The Morgan fingerprint density at radius 1 is 1.50 bits per heavy atom. The van der Waals surface area contributed by atoms with Crippen LogP contribution >= 0.6 is 11.3 Å². The van der Waals surface area contributed by atoms with E-state index in [1.807, 2.05) is 13.8 Å². The van der Waals surface area contributed by atoms with Crippen LogP contribution in [-0.2, 0) is 16.6 Å². The molecule has 0 unspecified atom stereocenters. The molecule has 0 aliphatic heterocycles. The van der Waals surface area contributed by atoms with E-state index in [2.05, 4.69) is 10.1 Å². The molecule has 2 aromatic heterocycles. The molecule has 2 rings (SSSR count). The molecule has 10 heteroatoms. The van der Waals surface area contributed by atoms with E-state index in [-0.39, 0.29) is 22.2 Å². The highest BCUT2D eigenvalue weighted by atomic mass is 32.2. The number of nitrogens with two attached hydrogens (primary N) is 1. The zero-order valence-corrected chi connectivity index (χ0v) is 13.9. The highest BCUT2D eigenvalue weighted by Gasteiger charge is 2.24. The van der Waals surface area contributed by atoms with Crippen LogP contribution in [0.15, 0.2) is 20.9 Å². The van der Waals surface area contributed by atoms with Gasteiger partial charge in [0.2, 0.25) is 15.9 Å². The van der Waals surface area contributed by atoms with Crippen molar-refractivity contribution in [3.05, 3.63) is 28.0 Å². The van der Waals surface area contributed by atoms with Gasteiger partial charge in [0.15, 0.2) is 5.82 Å². The fraction of sp³-hybridized carbons (Fsp3) is 0.417. The molecule has 0 radical (unpaired) electrons. The minimum atomic E-state index is -3.94. The third-order valence-corrected chi connectivity index (χ3v) is 4.82. The quantitative estimate of drug-likeness (QED) is 0.869. The molecule has 0 aliphatic carbocycles. The van der Waals surface area contributed by atoms with Gasteiger partial charge in [-0.05, 0) is 11.4 Å². The zero-order chi connectivity index (χ0) is 16.5. The van der Waals surface area contributed by atoms with Crippen LogP contribution in [0.5, 0.6) is 0 Å². The predicted molar refractivity (Wildman–Crippen MR) is 79.9 cm³/mol. The van der Waals surface area contributed by atoms with Crippen LogP contribution in [0, 0.1) is 0 Å². The molecule has 0 spiro atoms. The molecule has 0 fully saturated rings. The van der Waals surface area contributed by atoms with E-state index in [9.17, 15) is 13.2 Å². The van der Waals surface area contributed by atoms with Gasteiger partial charge in [-0.3, -0.25) is 4.79 Å². The minimum Gasteiger partial charge on any atom is -0.339 e. The predicted octanol–water partition coefficient (Wildman–Crippen LogP) is 1.17. The van der Waals surface area contributed by atoms with Crippen LogP contribution in [0.2, 0.25) is 0 Å². The minimum absolute atomic E-state index is 0.0672. The maximum atomic E-state index is 12.3. The fourth-order valence-corrected chi connectivity index (χ4v) is 3.66. The molecule has 0 bridgehead atoms. The van der Waals surface area contributed by atoms with Gasteiger partial charge < -0.3 is 9.42 Å². The Morgan fingerprint density at radius 2 is 2.18 bits per heavy atom. The molecule has 22 heavy (non-hydrogen) atoms. The van der Waals surface area contributed by atoms with E-state index in [1.54, 1.807) is 0 Å². The van der Waals surface area contributed by atoms with Crippen LogP contribution in [0.1, 0.15) is 41.2 Å². The number of carbonyl (C=O) groups is 1. The third kappa shape index (κ3) is 3.51. The first-order chi connectivity index (χ1) is 10.2. The molecule has 0 atom stereocenters. The second-order valence-corrected chi connectivity index (χ2v) is 7.47. The second kappa shape index (κ2) is 6.15. The van der Waals surface area contributed by atoms with E-state index in [1.165, 1.54) is 23.4 Å². The molecule has 2 aromatic rings. The molecule has 0 saturated heterocycles. The lowest BCUT2D eigenvalue weighted by Crippen LogP contribution is -2.28. The van der Waals surface area contributed by atoms with Gasteiger partial charge in [-0.15, -0.1) is 11.3 Å². The number of aromatic nitrogens is 2. The number of amides is 1. The smallest absolute Gasteiger partial charge is 0.265 e. The summed E-state index contributed by atoms with van der Waals surface area (Å²) in [6.07, 6.45) is 0. The van der Waals surface area contributed by atoms with Crippen molar-refractivity contribution in [3.8, 4) is 0 Å². The van der Waals surface area contributed by atoms with Crippen LogP contribution < -0.4 is 5.14 Å². The Morgan fingerprint density at radius 3 is 2.73 bits per heavy atom. The van der Waals surface area contributed by atoms with Gasteiger partial charge in [-0.2, -0.15) is 4.98 Å². The average molecular weight is 344 g/mol. The summed E-state index contributed by atoms with van der Waals surface area (Å²) < 4.78 is 28.0. The highest BCUT2D eigenvalue weighted by Crippen LogP contribution is 2.22. The highest BCUT2D eigenvalue weighted by molar-refractivity contribution is 7.89. The number of nitrogens with zero attached hydrogens (tertiary/aromatic N) is 3. The largest absolute Gasteiger partial charge is 0.339 e. The number of sulfonamides is 1. The molecule has 0 aromatic carbocycles. The van der Waals surface area contributed by atoms with Crippen molar-refractivity contribution in [2.45, 2.75) is 31.2 Å². The number of rotatable bonds is 5. The summed E-state index contributed by atoms with van der Waals surface area (Å²) in [5.41, 5.74) is 0. The van der Waals surface area contributed by atoms with Gasteiger partial charge in [0.1, 0.15) is 9.77 Å². The topological polar surface area (TPSA) is 119 Å². The first-order valence-corrected chi connectivity index (χ1v) is 8.81. The Balaban J connectivity index is 2.17. The van der Waals surface area contributed by atoms with E-state index in [0.717, 1.165) is 11.3 Å². The van der Waals surface area contributed by atoms with E-state index < -0.39 is 15.9 Å². The first kappa shape index (κ1) is 16.6. The molecule has 0 aliphatic rings. The van der Waals surface area contributed by atoms with E-state index in [0.29, 0.717) is 11.7 Å². The van der Waals surface area contributed by atoms with Crippen LogP contribution in [0.3, 0.4) is 0 Å². The van der Waals surface area contributed by atoms with Gasteiger partial charge in [0, 0.05) is 13.0 Å². The molecule has 2 heterocycles. The van der Waals surface area contributed by atoms with Crippen molar-refractivity contribution in [1.29, 1.82) is 0 Å². The zero-order valence-electron chi connectivity index (χ0n) is 12.3. The Bertz CT molecular complexity index is 779. The van der Waals surface area contributed by atoms with Gasteiger partial charge in [0.05, 0.1) is 6.54 Å². The number of carbonyl (C=O) groups excluding carboxylic acids is 1. The summed E-state index contributed by atoms with van der Waals surface area (Å²) in [6, 6.07) is 1.31. The van der Waals surface area contributed by atoms with Gasteiger partial charge in [-0.25, -0.2) is 13.6 Å². The summed E-state index contributed by atoms with van der Waals surface area (Å²) in [7, 11) is -2.41. The summed E-state index contributed by atoms with van der Waals surface area (Å²) in [6.45, 7) is 3.93. The summed E-state index contributed by atoms with van der Waals surface area (Å²) in [5.74, 6) is 0.467. The van der Waals surface area contributed by atoms with Crippen molar-refractivity contribution in [2.24, 2.45) is 5.14 Å². The molecular formula is C12H16N4O4S2. The first-order valence-electron chi connectivity index (χ1n) is 6.38. The third-order valence-electron chi connectivity index (χ3n) is 2.83. The lowest BCUT2D eigenvalue weighted by molar-refractivity contribution is 0.0782. The molecular weight excluding hydrogens is 328 g/mol. The Hall–Kier alpha value is -1.78. The fourth-order valence-electron chi connectivity index (χ4n) is 1.70. The van der Waals surface area contributed by atoms with Gasteiger partial charge >= 0.3 is 0 Å².